The molecule has 162 valence electrons. The van der Waals surface area contributed by atoms with Crippen molar-refractivity contribution in [3.8, 4) is 17.3 Å². The molecule has 0 spiro atoms. The van der Waals surface area contributed by atoms with E-state index in [4.69, 9.17) is 0 Å². The smallest absolute Gasteiger partial charge is 0.270 e. The number of nitriles is 1. The summed E-state index contributed by atoms with van der Waals surface area (Å²) in [6, 6.07) is 10.3. The molecule has 1 amide bonds. The highest BCUT2D eigenvalue weighted by atomic mass is 32.2. The van der Waals surface area contributed by atoms with Gasteiger partial charge in [0.25, 0.3) is 5.69 Å². The number of fused-ring (bicyclic) bond motifs is 1. The summed E-state index contributed by atoms with van der Waals surface area (Å²) in [6.45, 7) is 1.76. The first-order valence-electron chi connectivity index (χ1n) is 10.1. The van der Waals surface area contributed by atoms with Crippen LogP contribution in [0.2, 0.25) is 0 Å². The van der Waals surface area contributed by atoms with Gasteiger partial charge in [-0.1, -0.05) is 23.9 Å². The molecule has 1 aliphatic rings. The minimum atomic E-state index is -0.485. The maximum atomic E-state index is 12.7. The Hall–Kier alpha value is -3.29. The highest BCUT2D eigenvalue weighted by molar-refractivity contribution is 8.00. The molecule has 1 N–H and O–H groups in total. The van der Waals surface area contributed by atoms with Gasteiger partial charge in [-0.05, 0) is 44.2 Å². The van der Waals surface area contributed by atoms with Gasteiger partial charge in [0.2, 0.25) is 5.91 Å². The molecule has 0 aliphatic heterocycles. The first-order valence-corrected chi connectivity index (χ1v) is 11.8. The van der Waals surface area contributed by atoms with Crippen LogP contribution in [0.1, 0.15) is 36.6 Å². The van der Waals surface area contributed by atoms with Gasteiger partial charge in [0.1, 0.15) is 11.1 Å². The highest BCUT2D eigenvalue weighted by Crippen LogP contribution is 2.31. The summed E-state index contributed by atoms with van der Waals surface area (Å²) in [4.78, 5) is 32.3. The quantitative estimate of drug-likeness (QED) is 0.309. The Morgan fingerprint density at radius 2 is 2.12 bits per heavy atom. The first kappa shape index (κ1) is 21.9. The summed E-state index contributed by atoms with van der Waals surface area (Å²) in [7, 11) is 0. The van der Waals surface area contributed by atoms with Gasteiger partial charge >= 0.3 is 0 Å². The van der Waals surface area contributed by atoms with Crippen molar-refractivity contribution in [1.29, 1.82) is 5.26 Å². The van der Waals surface area contributed by atoms with E-state index < -0.39 is 10.2 Å². The molecule has 0 bridgehead atoms. The van der Waals surface area contributed by atoms with Crippen LogP contribution in [-0.4, -0.2) is 26.0 Å². The number of nitro groups is 1. The first-order chi connectivity index (χ1) is 15.4. The van der Waals surface area contributed by atoms with E-state index in [1.807, 2.05) is 6.07 Å². The molecule has 0 fully saturated rings. The van der Waals surface area contributed by atoms with Crippen molar-refractivity contribution in [3.63, 3.8) is 0 Å². The van der Waals surface area contributed by atoms with E-state index in [2.05, 4.69) is 21.4 Å². The molecule has 1 aliphatic carbocycles. The normalized spacial score (nSPS) is 13.6. The lowest BCUT2D eigenvalue weighted by molar-refractivity contribution is -0.384. The maximum absolute atomic E-state index is 12.7. The number of nitro benzene ring substituents is 1. The Kier molecular flexibility index (Phi) is 6.48. The third-order valence-corrected chi connectivity index (χ3v) is 6.99. The average molecular weight is 466 g/mol. The number of aryl methyl sites for hydroxylation is 2. The number of thiazole rings is 1. The Balaban J connectivity index is 1.46. The fourth-order valence-electron chi connectivity index (χ4n) is 3.46. The molecular formula is C22H19N5O3S2. The largest absolute Gasteiger partial charge is 0.301 e. The molecule has 3 aromatic rings. The number of hydrogen-bond donors (Lipinski definition) is 1. The number of amides is 1. The molecule has 0 saturated heterocycles. The lowest BCUT2D eigenvalue weighted by Gasteiger charge is -2.17. The number of nitrogens with zero attached hydrogens (tertiary/aromatic N) is 4. The zero-order valence-corrected chi connectivity index (χ0v) is 18.8. The summed E-state index contributed by atoms with van der Waals surface area (Å²) in [5.74, 6) is -0.252. The lowest BCUT2D eigenvalue weighted by atomic mass is 9.95. The van der Waals surface area contributed by atoms with E-state index >= 15 is 0 Å². The summed E-state index contributed by atoms with van der Waals surface area (Å²) < 4.78 is 0. The predicted octanol–water partition coefficient (Wildman–Crippen LogP) is 4.98. The Bertz CT molecular complexity index is 1230. The summed E-state index contributed by atoms with van der Waals surface area (Å²) in [5, 5.41) is 25.5. The molecular weight excluding hydrogens is 446 g/mol. The van der Waals surface area contributed by atoms with E-state index in [1.54, 1.807) is 24.4 Å². The van der Waals surface area contributed by atoms with Gasteiger partial charge in [-0.2, -0.15) is 5.26 Å². The molecule has 0 radical (unpaired) electrons. The lowest BCUT2D eigenvalue weighted by Crippen LogP contribution is -2.22. The second kappa shape index (κ2) is 9.46. The van der Waals surface area contributed by atoms with Crippen LogP contribution in [0.25, 0.3) is 11.3 Å². The number of carbonyl (C=O) groups excluding carboxylic acids is 1. The Labute approximate surface area is 192 Å². The molecule has 2 heterocycles. The van der Waals surface area contributed by atoms with E-state index in [0.717, 1.165) is 36.9 Å². The van der Waals surface area contributed by atoms with Crippen LogP contribution in [0.3, 0.4) is 0 Å². The number of thioether (sulfide) groups is 1. The third-order valence-electron chi connectivity index (χ3n) is 5.13. The minimum absolute atomic E-state index is 0.0167. The molecule has 32 heavy (non-hydrogen) atoms. The van der Waals surface area contributed by atoms with Crippen LogP contribution in [0.4, 0.5) is 10.8 Å². The van der Waals surface area contributed by atoms with E-state index in [9.17, 15) is 20.2 Å². The predicted molar refractivity (Wildman–Crippen MR) is 124 cm³/mol. The molecule has 1 unspecified atom stereocenters. The van der Waals surface area contributed by atoms with Crippen LogP contribution in [0, 0.1) is 21.4 Å². The number of hydrogen-bond acceptors (Lipinski definition) is 8. The van der Waals surface area contributed by atoms with Gasteiger partial charge in [0.05, 0.1) is 21.4 Å². The molecule has 1 atom stereocenters. The van der Waals surface area contributed by atoms with Crippen LogP contribution >= 0.6 is 23.1 Å². The standard InChI is InChI=1S/C22H19N5O3S2/c1-13(32-21-16(11-23)9-14-5-2-3-8-18(14)24-21)20(28)26-22-25-19(12-31-22)15-6-4-7-17(10-15)27(29)30/h4,6-7,9-10,12-13H,2-3,5,8H2,1H3,(H,25,26,28). The van der Waals surface area contributed by atoms with Gasteiger partial charge in [-0.25, -0.2) is 9.97 Å². The number of carbonyl (C=O) groups is 1. The average Bonchev–Trinajstić information content (AvgIpc) is 3.27. The number of anilines is 1. The number of non-ortho nitro benzene ring substituents is 1. The van der Waals surface area contributed by atoms with Crippen molar-refractivity contribution in [2.24, 2.45) is 0 Å². The Morgan fingerprint density at radius 1 is 1.31 bits per heavy atom. The maximum Gasteiger partial charge on any atom is 0.270 e. The summed E-state index contributed by atoms with van der Waals surface area (Å²) >= 11 is 2.51. The van der Waals surface area contributed by atoms with Crippen molar-refractivity contribution < 1.29 is 9.72 Å². The van der Waals surface area contributed by atoms with Crippen molar-refractivity contribution in [1.82, 2.24) is 9.97 Å². The molecule has 8 nitrogen and oxygen atoms in total. The Morgan fingerprint density at radius 3 is 2.91 bits per heavy atom. The molecule has 10 heteroatoms. The van der Waals surface area contributed by atoms with E-state index in [-0.39, 0.29) is 11.6 Å². The van der Waals surface area contributed by atoms with Gasteiger partial charge in [-0.3, -0.25) is 14.9 Å². The van der Waals surface area contributed by atoms with Gasteiger partial charge in [0.15, 0.2) is 5.13 Å². The number of nitrogens with one attached hydrogen (secondary N) is 1. The van der Waals surface area contributed by atoms with Crippen LogP contribution < -0.4 is 5.32 Å². The summed E-state index contributed by atoms with van der Waals surface area (Å²) in [6.07, 6.45) is 4.03. The summed E-state index contributed by atoms with van der Waals surface area (Å²) in [5.41, 5.74) is 3.79. The minimum Gasteiger partial charge on any atom is -0.301 e. The molecule has 4 rings (SSSR count). The number of pyridine rings is 1. The monoisotopic (exact) mass is 465 g/mol. The highest BCUT2D eigenvalue weighted by Gasteiger charge is 2.21. The zero-order chi connectivity index (χ0) is 22.7. The van der Waals surface area contributed by atoms with Crippen molar-refractivity contribution in [2.45, 2.75) is 42.9 Å². The third kappa shape index (κ3) is 4.79. The van der Waals surface area contributed by atoms with Gasteiger partial charge < -0.3 is 5.32 Å². The number of aromatic nitrogens is 2. The molecule has 2 aromatic heterocycles. The van der Waals surface area contributed by atoms with Crippen LogP contribution in [-0.2, 0) is 17.6 Å². The van der Waals surface area contributed by atoms with Crippen molar-refractivity contribution in [2.75, 3.05) is 5.32 Å². The number of benzene rings is 1. The number of rotatable bonds is 6. The van der Waals surface area contributed by atoms with Gasteiger partial charge in [0, 0.05) is 28.8 Å². The van der Waals surface area contributed by atoms with E-state index in [0.29, 0.717) is 27.0 Å². The van der Waals surface area contributed by atoms with Crippen LogP contribution in [0.15, 0.2) is 40.7 Å². The molecule has 1 aromatic carbocycles. The second-order valence-corrected chi connectivity index (χ2v) is 9.55. The second-order valence-electron chi connectivity index (χ2n) is 7.36. The fourth-order valence-corrected chi connectivity index (χ4v) is 5.07. The zero-order valence-electron chi connectivity index (χ0n) is 17.2. The van der Waals surface area contributed by atoms with Crippen molar-refractivity contribution in [3.05, 3.63) is 62.6 Å². The van der Waals surface area contributed by atoms with Gasteiger partial charge in [-0.15, -0.1) is 11.3 Å². The fraction of sp³-hybridized carbons (Fsp3) is 0.273. The van der Waals surface area contributed by atoms with E-state index in [1.165, 1.54) is 35.2 Å². The van der Waals surface area contributed by atoms with Crippen molar-refractivity contribution >= 4 is 39.8 Å². The SMILES string of the molecule is CC(Sc1nc2c(cc1C#N)CCCC2)C(=O)Nc1nc(-c2cccc([N+](=O)[O-])c2)cs1. The topological polar surface area (TPSA) is 122 Å². The van der Waals surface area contributed by atoms with Crippen LogP contribution in [0.5, 0.6) is 0 Å². The molecule has 0 saturated carbocycles.